The second-order valence-corrected chi connectivity index (χ2v) is 4.37. The Morgan fingerprint density at radius 2 is 2.05 bits per heavy atom. The summed E-state index contributed by atoms with van der Waals surface area (Å²) >= 11 is 0. The summed E-state index contributed by atoms with van der Waals surface area (Å²) < 4.78 is 1.75. The van der Waals surface area contributed by atoms with Crippen molar-refractivity contribution >= 4 is 11.0 Å². The standard InChI is InChI=1S/C13H11N5O/c1-7-15-12(11(6-14)18(7)2)8-3-4-9-10(5-8)17-13(19)16-9/h3-5H,1-2H3,(H2,16,17,19). The van der Waals surface area contributed by atoms with E-state index in [0.29, 0.717) is 16.9 Å². The number of benzene rings is 1. The number of aryl methyl sites for hydroxylation is 1. The molecule has 0 amide bonds. The van der Waals surface area contributed by atoms with E-state index in [-0.39, 0.29) is 5.69 Å². The molecule has 0 aliphatic heterocycles. The molecule has 0 atom stereocenters. The van der Waals surface area contributed by atoms with Crippen LogP contribution in [0.25, 0.3) is 22.3 Å². The second-order valence-electron chi connectivity index (χ2n) is 4.37. The van der Waals surface area contributed by atoms with E-state index in [1.807, 2.05) is 19.1 Å². The number of rotatable bonds is 1. The van der Waals surface area contributed by atoms with Gasteiger partial charge in [0.1, 0.15) is 23.3 Å². The quantitative estimate of drug-likeness (QED) is 0.687. The van der Waals surface area contributed by atoms with Crippen LogP contribution in [-0.2, 0) is 7.05 Å². The summed E-state index contributed by atoms with van der Waals surface area (Å²) in [6, 6.07) is 7.61. The van der Waals surface area contributed by atoms with Crippen LogP contribution >= 0.6 is 0 Å². The fraction of sp³-hybridized carbons (Fsp3) is 0.154. The van der Waals surface area contributed by atoms with Gasteiger partial charge < -0.3 is 14.5 Å². The van der Waals surface area contributed by atoms with Gasteiger partial charge >= 0.3 is 5.69 Å². The van der Waals surface area contributed by atoms with Crippen LogP contribution < -0.4 is 5.69 Å². The first-order chi connectivity index (χ1) is 9.10. The van der Waals surface area contributed by atoms with Gasteiger partial charge in [-0.15, -0.1) is 0 Å². The Morgan fingerprint density at radius 1 is 1.32 bits per heavy atom. The van der Waals surface area contributed by atoms with Gasteiger partial charge in [0, 0.05) is 12.6 Å². The zero-order chi connectivity index (χ0) is 13.6. The lowest BCUT2D eigenvalue weighted by Gasteiger charge is -1.99. The fourth-order valence-electron chi connectivity index (χ4n) is 2.12. The molecule has 0 aliphatic rings. The molecule has 0 fully saturated rings. The molecule has 2 heterocycles. The van der Waals surface area contributed by atoms with Crippen LogP contribution in [0.3, 0.4) is 0 Å². The van der Waals surface area contributed by atoms with Crippen molar-refractivity contribution in [3.05, 3.63) is 40.2 Å². The van der Waals surface area contributed by atoms with E-state index in [2.05, 4.69) is 21.0 Å². The summed E-state index contributed by atoms with van der Waals surface area (Å²) in [5, 5.41) is 9.22. The van der Waals surface area contributed by atoms with Crippen molar-refractivity contribution in [2.75, 3.05) is 0 Å². The maximum absolute atomic E-state index is 11.2. The van der Waals surface area contributed by atoms with Crippen molar-refractivity contribution in [2.24, 2.45) is 7.05 Å². The Morgan fingerprint density at radius 3 is 2.79 bits per heavy atom. The van der Waals surface area contributed by atoms with Crippen molar-refractivity contribution in [2.45, 2.75) is 6.92 Å². The van der Waals surface area contributed by atoms with Gasteiger partial charge in [-0.2, -0.15) is 5.26 Å². The first kappa shape index (κ1) is 11.3. The lowest BCUT2D eigenvalue weighted by Crippen LogP contribution is -1.99. The summed E-state index contributed by atoms with van der Waals surface area (Å²) in [5.41, 5.74) is 3.14. The minimum absolute atomic E-state index is 0.246. The highest BCUT2D eigenvalue weighted by Crippen LogP contribution is 2.25. The van der Waals surface area contributed by atoms with Gasteiger partial charge in [0.25, 0.3) is 0 Å². The molecule has 3 aromatic rings. The molecule has 3 rings (SSSR count). The van der Waals surface area contributed by atoms with Crippen molar-refractivity contribution in [1.29, 1.82) is 5.26 Å². The molecule has 2 N–H and O–H groups in total. The number of fused-ring (bicyclic) bond motifs is 1. The molecule has 0 unspecified atom stereocenters. The second kappa shape index (κ2) is 3.85. The molecule has 0 saturated heterocycles. The summed E-state index contributed by atoms with van der Waals surface area (Å²) in [6.07, 6.45) is 0. The SMILES string of the molecule is Cc1nc(-c2ccc3[nH]c(=O)[nH]c3c2)c(C#N)n1C. The number of hydrogen-bond donors (Lipinski definition) is 2. The lowest BCUT2D eigenvalue weighted by molar-refractivity contribution is 0.845. The van der Waals surface area contributed by atoms with Gasteiger partial charge in [-0.1, -0.05) is 6.07 Å². The Bertz CT molecular complexity index is 875. The van der Waals surface area contributed by atoms with E-state index < -0.39 is 0 Å². The highest BCUT2D eigenvalue weighted by Gasteiger charge is 2.14. The molecule has 0 bridgehead atoms. The normalized spacial score (nSPS) is 10.8. The molecule has 0 aliphatic carbocycles. The van der Waals surface area contributed by atoms with Crippen LogP contribution in [0.5, 0.6) is 0 Å². The number of nitriles is 1. The number of imidazole rings is 2. The average molecular weight is 253 g/mol. The number of H-pyrrole nitrogens is 2. The Hall–Kier alpha value is -2.81. The van der Waals surface area contributed by atoms with E-state index in [1.54, 1.807) is 17.7 Å². The van der Waals surface area contributed by atoms with Crippen LogP contribution in [0.4, 0.5) is 0 Å². The Balaban J connectivity index is 2.27. The van der Waals surface area contributed by atoms with Crippen molar-refractivity contribution in [3.8, 4) is 17.3 Å². The molecule has 1 aromatic carbocycles. The maximum Gasteiger partial charge on any atom is 0.323 e. The highest BCUT2D eigenvalue weighted by atomic mass is 16.1. The topological polar surface area (TPSA) is 90.3 Å². The van der Waals surface area contributed by atoms with Gasteiger partial charge in [-0.05, 0) is 19.1 Å². The number of nitrogens with zero attached hydrogens (tertiary/aromatic N) is 3. The third kappa shape index (κ3) is 1.64. The van der Waals surface area contributed by atoms with Gasteiger partial charge in [-0.3, -0.25) is 0 Å². The molecule has 0 spiro atoms. The summed E-state index contributed by atoms with van der Waals surface area (Å²) in [7, 11) is 1.81. The van der Waals surface area contributed by atoms with E-state index in [4.69, 9.17) is 0 Å². The van der Waals surface area contributed by atoms with Crippen LogP contribution in [0.15, 0.2) is 23.0 Å². The molecule has 19 heavy (non-hydrogen) atoms. The van der Waals surface area contributed by atoms with Gasteiger partial charge in [0.05, 0.1) is 11.0 Å². The van der Waals surface area contributed by atoms with Crippen LogP contribution in [0.2, 0.25) is 0 Å². The largest absolute Gasteiger partial charge is 0.323 e. The van der Waals surface area contributed by atoms with E-state index in [0.717, 1.165) is 16.9 Å². The number of aromatic amines is 2. The fourth-order valence-corrected chi connectivity index (χ4v) is 2.12. The van der Waals surface area contributed by atoms with Crippen molar-refractivity contribution < 1.29 is 0 Å². The van der Waals surface area contributed by atoms with Crippen LogP contribution in [0.1, 0.15) is 11.5 Å². The van der Waals surface area contributed by atoms with Crippen molar-refractivity contribution in [3.63, 3.8) is 0 Å². The zero-order valence-corrected chi connectivity index (χ0v) is 10.5. The lowest BCUT2D eigenvalue weighted by atomic mass is 10.1. The maximum atomic E-state index is 11.2. The first-order valence-electron chi connectivity index (χ1n) is 5.76. The molecule has 0 saturated carbocycles. The summed E-state index contributed by atoms with van der Waals surface area (Å²) in [4.78, 5) is 21.0. The predicted octanol–water partition coefficient (Wildman–Crippen LogP) is 1.44. The molecule has 6 nitrogen and oxygen atoms in total. The van der Waals surface area contributed by atoms with Crippen molar-refractivity contribution in [1.82, 2.24) is 19.5 Å². The third-order valence-electron chi connectivity index (χ3n) is 3.21. The van der Waals surface area contributed by atoms with Gasteiger partial charge in [0.2, 0.25) is 0 Å². The van der Waals surface area contributed by atoms with Crippen LogP contribution in [-0.4, -0.2) is 19.5 Å². The zero-order valence-electron chi connectivity index (χ0n) is 10.5. The van der Waals surface area contributed by atoms with Gasteiger partial charge in [0.15, 0.2) is 0 Å². The molecular formula is C13H11N5O. The average Bonchev–Trinajstić information content (AvgIpc) is 2.89. The molecule has 0 radical (unpaired) electrons. The Kier molecular flexibility index (Phi) is 2.29. The minimum Gasteiger partial charge on any atom is -0.323 e. The van der Waals surface area contributed by atoms with Gasteiger partial charge in [-0.25, -0.2) is 9.78 Å². The highest BCUT2D eigenvalue weighted by molar-refractivity contribution is 5.81. The smallest absolute Gasteiger partial charge is 0.323 e. The Labute approximate surface area is 108 Å². The van der Waals surface area contributed by atoms with E-state index in [9.17, 15) is 10.1 Å². The number of nitrogens with one attached hydrogen (secondary N) is 2. The minimum atomic E-state index is -0.246. The number of aromatic nitrogens is 4. The monoisotopic (exact) mass is 253 g/mol. The predicted molar refractivity (Wildman–Crippen MR) is 70.6 cm³/mol. The molecule has 2 aromatic heterocycles. The third-order valence-corrected chi connectivity index (χ3v) is 3.21. The van der Waals surface area contributed by atoms with E-state index >= 15 is 0 Å². The summed E-state index contributed by atoms with van der Waals surface area (Å²) in [6.45, 7) is 1.85. The molecular weight excluding hydrogens is 242 g/mol. The number of hydrogen-bond acceptors (Lipinski definition) is 3. The first-order valence-corrected chi connectivity index (χ1v) is 5.76. The van der Waals surface area contributed by atoms with Crippen LogP contribution in [0, 0.1) is 18.3 Å². The summed E-state index contributed by atoms with van der Waals surface area (Å²) in [5.74, 6) is 0.772. The molecule has 94 valence electrons. The van der Waals surface area contributed by atoms with E-state index in [1.165, 1.54) is 0 Å². The molecule has 6 heteroatoms.